The van der Waals surface area contributed by atoms with E-state index in [4.69, 9.17) is 16.0 Å². The van der Waals surface area contributed by atoms with E-state index in [1.807, 2.05) is 6.07 Å². The molecule has 0 spiro atoms. The van der Waals surface area contributed by atoms with E-state index in [-0.39, 0.29) is 11.5 Å². The summed E-state index contributed by atoms with van der Waals surface area (Å²) < 4.78 is 5.58. The fourth-order valence-electron chi connectivity index (χ4n) is 2.18. The molecule has 3 rings (SSSR count). The number of anilines is 1. The Bertz CT molecular complexity index is 839. The van der Waals surface area contributed by atoms with Crippen molar-refractivity contribution in [3.63, 3.8) is 0 Å². The van der Waals surface area contributed by atoms with Crippen molar-refractivity contribution in [2.75, 3.05) is 5.32 Å². The molecule has 0 saturated carbocycles. The summed E-state index contributed by atoms with van der Waals surface area (Å²) in [7, 11) is 0. The molecule has 0 fully saturated rings. The van der Waals surface area contributed by atoms with Crippen LogP contribution in [0.2, 0.25) is 5.02 Å². The number of para-hydroxylation sites is 3. The molecule has 0 unspecified atom stereocenters. The normalized spacial score (nSPS) is 10.8. The van der Waals surface area contributed by atoms with Gasteiger partial charge in [-0.25, -0.2) is 0 Å². The van der Waals surface area contributed by atoms with Crippen molar-refractivity contribution in [1.82, 2.24) is 0 Å². The van der Waals surface area contributed by atoms with E-state index in [0.29, 0.717) is 21.9 Å². The van der Waals surface area contributed by atoms with Gasteiger partial charge < -0.3 is 14.8 Å². The van der Waals surface area contributed by atoms with Crippen molar-refractivity contribution in [3.05, 3.63) is 58.8 Å². The molecule has 0 atom stereocenters. The van der Waals surface area contributed by atoms with Crippen LogP contribution in [0.3, 0.4) is 0 Å². The molecule has 0 bridgehead atoms. The topological polar surface area (TPSA) is 62.5 Å². The average Bonchev–Trinajstić information content (AvgIpc) is 2.81. The molecule has 2 aromatic carbocycles. The van der Waals surface area contributed by atoms with E-state index in [9.17, 15) is 9.90 Å². The van der Waals surface area contributed by atoms with Gasteiger partial charge in [-0.1, -0.05) is 35.9 Å². The first-order valence-corrected chi connectivity index (χ1v) is 6.72. The minimum absolute atomic E-state index is 0.00218. The van der Waals surface area contributed by atoms with Gasteiger partial charge in [-0.05, 0) is 25.1 Å². The molecule has 0 aliphatic heterocycles. The summed E-state index contributed by atoms with van der Waals surface area (Å²) in [4.78, 5) is 12.3. The van der Waals surface area contributed by atoms with E-state index in [1.165, 1.54) is 6.07 Å². The molecule has 21 heavy (non-hydrogen) atoms. The second kappa shape index (κ2) is 5.14. The SMILES string of the molecule is Cc1c(C(=O)Nc2ccccc2O)oc2c(Cl)cccc12. The van der Waals surface area contributed by atoms with Gasteiger partial charge in [0, 0.05) is 10.9 Å². The molecule has 2 N–H and O–H groups in total. The number of rotatable bonds is 2. The highest BCUT2D eigenvalue weighted by molar-refractivity contribution is 6.35. The van der Waals surface area contributed by atoms with E-state index < -0.39 is 5.91 Å². The Morgan fingerprint density at radius 2 is 1.95 bits per heavy atom. The summed E-state index contributed by atoms with van der Waals surface area (Å²) in [6.07, 6.45) is 0. The largest absolute Gasteiger partial charge is 0.506 e. The number of carbonyl (C=O) groups is 1. The second-order valence-electron chi connectivity index (χ2n) is 4.64. The van der Waals surface area contributed by atoms with E-state index in [1.54, 1.807) is 37.3 Å². The van der Waals surface area contributed by atoms with Gasteiger partial charge in [-0.2, -0.15) is 0 Å². The molecule has 1 aromatic heterocycles. The van der Waals surface area contributed by atoms with Gasteiger partial charge in [0.05, 0.1) is 10.7 Å². The van der Waals surface area contributed by atoms with E-state index >= 15 is 0 Å². The fraction of sp³-hybridized carbons (Fsp3) is 0.0625. The summed E-state index contributed by atoms with van der Waals surface area (Å²) in [5.74, 6) is -0.250. The molecule has 106 valence electrons. The van der Waals surface area contributed by atoms with Crippen molar-refractivity contribution >= 4 is 34.2 Å². The van der Waals surface area contributed by atoms with Gasteiger partial charge in [0.15, 0.2) is 11.3 Å². The number of amides is 1. The Morgan fingerprint density at radius 3 is 2.67 bits per heavy atom. The maximum Gasteiger partial charge on any atom is 0.291 e. The molecule has 0 aliphatic carbocycles. The number of fused-ring (bicyclic) bond motifs is 1. The highest BCUT2D eigenvalue weighted by Gasteiger charge is 2.19. The number of carbonyl (C=O) groups excluding carboxylic acids is 1. The monoisotopic (exact) mass is 301 g/mol. The quantitative estimate of drug-likeness (QED) is 0.692. The summed E-state index contributed by atoms with van der Waals surface area (Å²) >= 11 is 6.07. The number of halogens is 1. The first-order valence-electron chi connectivity index (χ1n) is 6.35. The minimum atomic E-state index is -0.429. The number of aryl methyl sites for hydroxylation is 1. The zero-order chi connectivity index (χ0) is 15.0. The van der Waals surface area contributed by atoms with Gasteiger partial charge in [0.1, 0.15) is 5.75 Å². The maximum absolute atomic E-state index is 12.3. The molecule has 0 saturated heterocycles. The lowest BCUT2D eigenvalue weighted by atomic mass is 10.1. The van der Waals surface area contributed by atoms with E-state index in [2.05, 4.69) is 5.32 Å². The summed E-state index contributed by atoms with van der Waals surface area (Å²) in [6.45, 7) is 1.79. The number of phenolic OH excluding ortho intramolecular Hbond substituents is 1. The van der Waals surface area contributed by atoms with Gasteiger partial charge in [0.2, 0.25) is 0 Å². The number of benzene rings is 2. The van der Waals surface area contributed by atoms with Crippen LogP contribution in [0.4, 0.5) is 5.69 Å². The minimum Gasteiger partial charge on any atom is -0.506 e. The Labute approximate surface area is 126 Å². The Hall–Kier alpha value is -2.46. The molecule has 5 heteroatoms. The first-order chi connectivity index (χ1) is 10.1. The zero-order valence-corrected chi connectivity index (χ0v) is 11.9. The van der Waals surface area contributed by atoms with Crippen LogP contribution in [0.5, 0.6) is 5.75 Å². The number of phenols is 1. The van der Waals surface area contributed by atoms with Gasteiger partial charge in [-0.3, -0.25) is 4.79 Å². The van der Waals surface area contributed by atoms with Crippen LogP contribution >= 0.6 is 11.6 Å². The van der Waals surface area contributed by atoms with Crippen molar-refractivity contribution in [1.29, 1.82) is 0 Å². The smallest absolute Gasteiger partial charge is 0.291 e. The molecule has 3 aromatic rings. The molecule has 0 aliphatic rings. The lowest BCUT2D eigenvalue weighted by Crippen LogP contribution is -2.12. The lowest BCUT2D eigenvalue weighted by Gasteiger charge is -2.05. The van der Waals surface area contributed by atoms with Crippen LogP contribution in [0.25, 0.3) is 11.0 Å². The number of furan rings is 1. The first kappa shape index (κ1) is 13.5. The summed E-state index contributed by atoms with van der Waals surface area (Å²) in [5, 5.41) is 13.6. The van der Waals surface area contributed by atoms with Crippen molar-refractivity contribution in [2.24, 2.45) is 0 Å². The average molecular weight is 302 g/mol. The highest BCUT2D eigenvalue weighted by atomic mass is 35.5. The van der Waals surface area contributed by atoms with Crippen molar-refractivity contribution in [2.45, 2.75) is 6.92 Å². The molecule has 4 nitrogen and oxygen atoms in total. The van der Waals surface area contributed by atoms with Crippen molar-refractivity contribution < 1.29 is 14.3 Å². The van der Waals surface area contributed by atoms with Crippen LogP contribution in [0.1, 0.15) is 16.1 Å². The lowest BCUT2D eigenvalue weighted by molar-refractivity contribution is 0.0997. The molecular formula is C16H12ClNO3. The Kier molecular flexibility index (Phi) is 3.31. The molecular weight excluding hydrogens is 290 g/mol. The second-order valence-corrected chi connectivity index (χ2v) is 5.05. The predicted molar refractivity (Wildman–Crippen MR) is 82.0 cm³/mol. The number of aromatic hydroxyl groups is 1. The highest BCUT2D eigenvalue weighted by Crippen LogP contribution is 2.31. The predicted octanol–water partition coefficient (Wildman–Crippen LogP) is 4.35. The maximum atomic E-state index is 12.3. The fourth-order valence-corrected chi connectivity index (χ4v) is 2.40. The van der Waals surface area contributed by atoms with Crippen LogP contribution in [0.15, 0.2) is 46.9 Å². The standard InChI is InChI=1S/C16H12ClNO3/c1-9-10-5-4-6-11(17)15(10)21-14(9)16(20)18-12-7-2-3-8-13(12)19/h2-8,19H,1H3,(H,18,20). The van der Waals surface area contributed by atoms with Gasteiger partial charge in [0.25, 0.3) is 5.91 Å². The summed E-state index contributed by atoms with van der Waals surface area (Å²) in [5.41, 5.74) is 1.52. The van der Waals surface area contributed by atoms with Gasteiger partial charge >= 0.3 is 0 Å². The van der Waals surface area contributed by atoms with Gasteiger partial charge in [-0.15, -0.1) is 0 Å². The third kappa shape index (κ3) is 2.34. The number of nitrogens with one attached hydrogen (secondary N) is 1. The third-order valence-electron chi connectivity index (χ3n) is 3.27. The third-order valence-corrected chi connectivity index (χ3v) is 3.57. The van der Waals surface area contributed by atoms with Crippen molar-refractivity contribution in [3.8, 4) is 5.75 Å². The van der Waals surface area contributed by atoms with Crippen LogP contribution in [0, 0.1) is 6.92 Å². The molecule has 0 radical (unpaired) electrons. The van der Waals surface area contributed by atoms with Crippen LogP contribution < -0.4 is 5.32 Å². The van der Waals surface area contributed by atoms with Crippen LogP contribution in [-0.4, -0.2) is 11.0 Å². The van der Waals surface area contributed by atoms with E-state index in [0.717, 1.165) is 5.39 Å². The number of hydrogen-bond donors (Lipinski definition) is 2. The zero-order valence-electron chi connectivity index (χ0n) is 11.2. The van der Waals surface area contributed by atoms with Crippen LogP contribution in [-0.2, 0) is 0 Å². The molecule has 1 amide bonds. The number of hydrogen-bond acceptors (Lipinski definition) is 3. The Morgan fingerprint density at radius 1 is 1.19 bits per heavy atom. The summed E-state index contributed by atoms with van der Waals surface area (Å²) in [6, 6.07) is 11.9. The molecule has 1 heterocycles. The Balaban J connectivity index is 2.01.